The first-order valence-corrected chi connectivity index (χ1v) is 4.05. The van der Waals surface area contributed by atoms with Gasteiger partial charge in [-0.3, -0.25) is 4.79 Å². The highest BCUT2D eigenvalue weighted by molar-refractivity contribution is 5.83. The number of aromatic nitrogens is 2. The Labute approximate surface area is 76.7 Å². The van der Waals surface area contributed by atoms with Crippen LogP contribution in [0.25, 0.3) is 0 Å². The maximum atomic E-state index is 10.9. The van der Waals surface area contributed by atoms with Crippen LogP contribution in [0, 0.1) is 5.41 Å². The summed E-state index contributed by atoms with van der Waals surface area (Å²) >= 11 is 0. The van der Waals surface area contributed by atoms with E-state index in [1.807, 2.05) is 13.8 Å². The van der Waals surface area contributed by atoms with Gasteiger partial charge in [0.05, 0.1) is 11.9 Å². The topological polar surface area (TPSA) is 81.6 Å². The SMILES string of the molecule is CC.CNc1nc[nH]c(=O)c1C=N. The summed E-state index contributed by atoms with van der Waals surface area (Å²) in [6.45, 7) is 4.00. The monoisotopic (exact) mass is 182 g/mol. The van der Waals surface area contributed by atoms with Crippen molar-refractivity contribution in [2.24, 2.45) is 0 Å². The Morgan fingerprint density at radius 1 is 1.62 bits per heavy atom. The van der Waals surface area contributed by atoms with Crippen LogP contribution in [0.15, 0.2) is 11.1 Å². The average Bonchev–Trinajstić information content (AvgIpc) is 2.20. The molecule has 0 spiro atoms. The third kappa shape index (κ3) is 2.70. The predicted octanol–water partition coefficient (Wildman–Crippen LogP) is 0.835. The molecule has 1 aromatic rings. The van der Waals surface area contributed by atoms with Gasteiger partial charge in [-0.2, -0.15) is 0 Å². The molecule has 0 aliphatic rings. The highest BCUT2D eigenvalue weighted by atomic mass is 16.1. The van der Waals surface area contributed by atoms with E-state index < -0.39 is 0 Å². The highest BCUT2D eigenvalue weighted by Crippen LogP contribution is 1.99. The Bertz CT molecular complexity index is 318. The molecular formula is C8H14N4O. The zero-order valence-corrected chi connectivity index (χ0v) is 8.01. The van der Waals surface area contributed by atoms with Crippen molar-refractivity contribution in [3.05, 3.63) is 22.2 Å². The van der Waals surface area contributed by atoms with E-state index in [9.17, 15) is 4.79 Å². The Hall–Kier alpha value is -1.65. The van der Waals surface area contributed by atoms with Gasteiger partial charge in [-0.1, -0.05) is 13.8 Å². The van der Waals surface area contributed by atoms with Crippen molar-refractivity contribution >= 4 is 12.0 Å². The van der Waals surface area contributed by atoms with Gasteiger partial charge >= 0.3 is 0 Å². The lowest BCUT2D eigenvalue weighted by Gasteiger charge is -1.99. The first-order valence-electron chi connectivity index (χ1n) is 4.05. The van der Waals surface area contributed by atoms with Crippen LogP contribution < -0.4 is 10.9 Å². The zero-order valence-electron chi connectivity index (χ0n) is 8.01. The fourth-order valence-electron chi connectivity index (χ4n) is 0.743. The van der Waals surface area contributed by atoms with Gasteiger partial charge in [0.2, 0.25) is 0 Å². The molecule has 0 atom stereocenters. The molecule has 0 saturated heterocycles. The van der Waals surface area contributed by atoms with Gasteiger partial charge in [0.1, 0.15) is 5.82 Å². The lowest BCUT2D eigenvalue weighted by molar-refractivity contribution is 1.10. The van der Waals surface area contributed by atoms with Crippen LogP contribution in [0.5, 0.6) is 0 Å². The van der Waals surface area contributed by atoms with E-state index in [1.54, 1.807) is 7.05 Å². The molecule has 5 nitrogen and oxygen atoms in total. The summed E-state index contributed by atoms with van der Waals surface area (Å²) in [5, 5.41) is 9.61. The van der Waals surface area contributed by atoms with Gasteiger partial charge in [-0.15, -0.1) is 0 Å². The van der Waals surface area contributed by atoms with Crippen molar-refractivity contribution in [3.63, 3.8) is 0 Å². The Kier molecular flexibility index (Phi) is 5.18. The number of hydrogen-bond donors (Lipinski definition) is 3. The maximum Gasteiger partial charge on any atom is 0.261 e. The molecule has 0 bridgehead atoms. The molecule has 5 heteroatoms. The van der Waals surface area contributed by atoms with Gasteiger partial charge in [0, 0.05) is 13.3 Å². The minimum absolute atomic E-state index is 0.245. The molecule has 0 aliphatic carbocycles. The standard InChI is InChI=1S/C6H8N4O.C2H6/c1-8-5-4(2-7)6(11)10-3-9-5;1-2/h2-3,7H,1H3,(H2,8,9,10,11);1-2H3. The van der Waals surface area contributed by atoms with Crippen LogP contribution in [0.1, 0.15) is 19.4 Å². The van der Waals surface area contributed by atoms with Crippen LogP contribution in [0.3, 0.4) is 0 Å². The van der Waals surface area contributed by atoms with Crippen molar-refractivity contribution in [1.82, 2.24) is 9.97 Å². The van der Waals surface area contributed by atoms with E-state index in [-0.39, 0.29) is 11.1 Å². The van der Waals surface area contributed by atoms with Crippen molar-refractivity contribution in [3.8, 4) is 0 Å². The van der Waals surface area contributed by atoms with Crippen LogP contribution >= 0.6 is 0 Å². The van der Waals surface area contributed by atoms with E-state index in [4.69, 9.17) is 5.41 Å². The third-order valence-electron chi connectivity index (χ3n) is 1.27. The lowest BCUT2D eigenvalue weighted by atomic mass is 10.3. The minimum Gasteiger partial charge on any atom is -0.372 e. The number of aromatic amines is 1. The quantitative estimate of drug-likeness (QED) is 0.592. The molecule has 1 rings (SSSR count). The second-order valence-electron chi connectivity index (χ2n) is 1.89. The van der Waals surface area contributed by atoms with Crippen molar-refractivity contribution < 1.29 is 0 Å². The van der Waals surface area contributed by atoms with Crippen molar-refractivity contribution in [2.45, 2.75) is 13.8 Å². The Morgan fingerprint density at radius 2 is 2.23 bits per heavy atom. The number of hydrogen-bond acceptors (Lipinski definition) is 4. The van der Waals surface area contributed by atoms with E-state index in [1.165, 1.54) is 6.33 Å². The van der Waals surface area contributed by atoms with Crippen LogP contribution in [0.4, 0.5) is 5.82 Å². The number of H-pyrrole nitrogens is 1. The summed E-state index contributed by atoms with van der Waals surface area (Å²) in [5.74, 6) is 0.420. The van der Waals surface area contributed by atoms with Crippen molar-refractivity contribution in [2.75, 3.05) is 12.4 Å². The fraction of sp³-hybridized carbons (Fsp3) is 0.375. The second kappa shape index (κ2) is 5.93. The van der Waals surface area contributed by atoms with Gasteiger partial charge in [0.25, 0.3) is 5.56 Å². The van der Waals surface area contributed by atoms with Gasteiger partial charge in [-0.25, -0.2) is 4.98 Å². The molecule has 72 valence electrons. The van der Waals surface area contributed by atoms with Crippen LogP contribution in [0.2, 0.25) is 0 Å². The van der Waals surface area contributed by atoms with E-state index in [2.05, 4.69) is 15.3 Å². The van der Waals surface area contributed by atoms with E-state index in [0.717, 1.165) is 6.21 Å². The molecule has 0 aliphatic heterocycles. The largest absolute Gasteiger partial charge is 0.372 e. The molecule has 1 aromatic heterocycles. The van der Waals surface area contributed by atoms with E-state index >= 15 is 0 Å². The van der Waals surface area contributed by atoms with Gasteiger partial charge in [-0.05, 0) is 0 Å². The Morgan fingerprint density at radius 3 is 2.62 bits per heavy atom. The molecule has 0 saturated carbocycles. The van der Waals surface area contributed by atoms with Gasteiger partial charge < -0.3 is 15.7 Å². The second-order valence-corrected chi connectivity index (χ2v) is 1.89. The molecule has 13 heavy (non-hydrogen) atoms. The lowest BCUT2D eigenvalue weighted by Crippen LogP contribution is -2.15. The first-order chi connectivity index (χ1) is 6.29. The smallest absolute Gasteiger partial charge is 0.261 e. The minimum atomic E-state index is -0.306. The average molecular weight is 182 g/mol. The zero-order chi connectivity index (χ0) is 10.3. The number of nitrogens with one attached hydrogen (secondary N) is 3. The first kappa shape index (κ1) is 11.4. The van der Waals surface area contributed by atoms with Crippen LogP contribution in [-0.4, -0.2) is 23.2 Å². The highest BCUT2D eigenvalue weighted by Gasteiger charge is 2.01. The third-order valence-corrected chi connectivity index (χ3v) is 1.27. The van der Waals surface area contributed by atoms with Crippen LogP contribution in [-0.2, 0) is 0 Å². The summed E-state index contributed by atoms with van der Waals surface area (Å²) in [7, 11) is 1.65. The molecule has 1 heterocycles. The normalized spacial score (nSPS) is 8.23. The number of nitrogens with zero attached hydrogens (tertiary/aromatic N) is 1. The summed E-state index contributed by atoms with van der Waals surface area (Å²) in [6.07, 6.45) is 2.26. The summed E-state index contributed by atoms with van der Waals surface area (Å²) < 4.78 is 0. The fourth-order valence-corrected chi connectivity index (χ4v) is 0.743. The Balaban J connectivity index is 0.000000671. The summed E-state index contributed by atoms with van der Waals surface area (Å²) in [4.78, 5) is 17.1. The molecular weight excluding hydrogens is 168 g/mol. The molecule has 3 N–H and O–H groups in total. The number of rotatable bonds is 2. The molecule has 0 radical (unpaired) electrons. The predicted molar refractivity (Wildman–Crippen MR) is 53.6 cm³/mol. The van der Waals surface area contributed by atoms with Gasteiger partial charge in [0.15, 0.2) is 0 Å². The maximum absolute atomic E-state index is 10.9. The molecule has 0 aromatic carbocycles. The number of anilines is 1. The summed E-state index contributed by atoms with van der Waals surface area (Å²) in [5.41, 5.74) is -0.0608. The van der Waals surface area contributed by atoms with E-state index in [0.29, 0.717) is 5.82 Å². The van der Waals surface area contributed by atoms with Crippen molar-refractivity contribution in [1.29, 1.82) is 5.41 Å². The molecule has 0 unspecified atom stereocenters. The molecule has 0 amide bonds. The summed E-state index contributed by atoms with van der Waals surface area (Å²) in [6, 6.07) is 0. The molecule has 0 fully saturated rings.